The van der Waals surface area contributed by atoms with Gasteiger partial charge in [-0.3, -0.25) is 9.59 Å². The van der Waals surface area contributed by atoms with Crippen LogP contribution in [0.3, 0.4) is 0 Å². The van der Waals surface area contributed by atoms with E-state index in [2.05, 4.69) is 36.5 Å². The first-order chi connectivity index (χ1) is 18.1. The molecule has 0 aliphatic heterocycles. The van der Waals surface area contributed by atoms with Gasteiger partial charge in [0, 0.05) is 36.9 Å². The summed E-state index contributed by atoms with van der Waals surface area (Å²) in [6, 6.07) is 28.3. The quantitative estimate of drug-likeness (QED) is 0.288. The maximum Gasteiger partial charge on any atom is 0.243 e. The van der Waals surface area contributed by atoms with Gasteiger partial charge in [0.15, 0.2) is 0 Å². The molecule has 4 nitrogen and oxygen atoms in total. The number of amides is 2. The average molecular weight is 515 g/mol. The smallest absolute Gasteiger partial charge is 0.243 e. The minimum Gasteiger partial charge on any atom is -0.352 e. The van der Waals surface area contributed by atoms with Gasteiger partial charge in [0.1, 0.15) is 6.04 Å². The zero-order chi connectivity index (χ0) is 25.9. The molecule has 1 N–H and O–H groups in total. The molecule has 1 fully saturated rings. The number of aryl methyl sites for hydroxylation is 1. The Morgan fingerprint density at radius 1 is 0.892 bits per heavy atom. The molecular weight excluding hydrogens is 476 g/mol. The van der Waals surface area contributed by atoms with Gasteiger partial charge in [-0.05, 0) is 36.5 Å². The fourth-order valence-electron chi connectivity index (χ4n) is 5.00. The number of carbonyl (C=O) groups excluding carboxylic acids is 2. The first kappa shape index (κ1) is 27.0. The maximum atomic E-state index is 13.7. The highest BCUT2D eigenvalue weighted by Crippen LogP contribution is 2.21. The van der Waals surface area contributed by atoms with E-state index in [9.17, 15) is 9.59 Å². The molecule has 1 aliphatic rings. The van der Waals surface area contributed by atoms with Gasteiger partial charge in [0.05, 0.1) is 0 Å². The van der Waals surface area contributed by atoms with Crippen molar-refractivity contribution in [3.05, 3.63) is 107 Å². The molecule has 3 aromatic carbocycles. The van der Waals surface area contributed by atoms with Crippen molar-refractivity contribution in [1.82, 2.24) is 10.2 Å². The molecule has 1 aliphatic carbocycles. The molecule has 0 saturated heterocycles. The lowest BCUT2D eigenvalue weighted by Crippen LogP contribution is -2.52. The zero-order valence-electron chi connectivity index (χ0n) is 21.8. The Morgan fingerprint density at radius 2 is 1.54 bits per heavy atom. The van der Waals surface area contributed by atoms with Crippen LogP contribution in [0.2, 0.25) is 0 Å². The van der Waals surface area contributed by atoms with Gasteiger partial charge < -0.3 is 10.2 Å². The summed E-state index contributed by atoms with van der Waals surface area (Å²) in [6.45, 7) is 2.49. The van der Waals surface area contributed by atoms with E-state index in [-0.39, 0.29) is 17.9 Å². The van der Waals surface area contributed by atoms with E-state index in [1.165, 1.54) is 5.56 Å². The van der Waals surface area contributed by atoms with Crippen molar-refractivity contribution < 1.29 is 9.59 Å². The highest BCUT2D eigenvalue weighted by molar-refractivity contribution is 7.98. The molecule has 1 unspecified atom stereocenters. The van der Waals surface area contributed by atoms with E-state index in [1.54, 1.807) is 11.8 Å². The Balaban J connectivity index is 1.52. The first-order valence-electron chi connectivity index (χ1n) is 13.4. The third-order valence-corrected chi connectivity index (χ3v) is 8.01. The van der Waals surface area contributed by atoms with Crippen LogP contribution in [0, 0.1) is 6.92 Å². The Morgan fingerprint density at radius 3 is 2.22 bits per heavy atom. The summed E-state index contributed by atoms with van der Waals surface area (Å²) in [6.07, 6.45) is 5.26. The number of hydrogen-bond donors (Lipinski definition) is 1. The van der Waals surface area contributed by atoms with Crippen molar-refractivity contribution in [3.8, 4) is 0 Å². The third kappa shape index (κ3) is 8.50. The van der Waals surface area contributed by atoms with Crippen LogP contribution in [-0.2, 0) is 28.3 Å². The molecule has 4 rings (SSSR count). The van der Waals surface area contributed by atoms with E-state index >= 15 is 0 Å². The number of nitrogens with zero attached hydrogens (tertiary/aromatic N) is 1. The number of benzene rings is 3. The van der Waals surface area contributed by atoms with Crippen LogP contribution < -0.4 is 5.32 Å². The topological polar surface area (TPSA) is 49.4 Å². The first-order valence-corrected chi connectivity index (χ1v) is 14.5. The van der Waals surface area contributed by atoms with E-state index in [1.807, 2.05) is 65.6 Å². The number of hydrogen-bond acceptors (Lipinski definition) is 3. The predicted molar refractivity (Wildman–Crippen MR) is 153 cm³/mol. The zero-order valence-corrected chi connectivity index (χ0v) is 22.6. The number of nitrogens with one attached hydrogen (secondary N) is 1. The van der Waals surface area contributed by atoms with Gasteiger partial charge in [-0.15, -0.1) is 0 Å². The SMILES string of the molecule is Cc1cccc(CN(C(=O)CCSCc2ccccc2)C(Cc2ccccc2)C(=O)NC2CCCC2)c1. The normalized spacial score (nSPS) is 14.3. The minimum absolute atomic E-state index is 0.0320. The second kappa shape index (κ2) is 14.0. The fourth-order valence-corrected chi connectivity index (χ4v) is 5.89. The van der Waals surface area contributed by atoms with Crippen molar-refractivity contribution in [2.75, 3.05) is 5.75 Å². The predicted octanol–water partition coefficient (Wildman–Crippen LogP) is 6.32. The van der Waals surface area contributed by atoms with Crippen molar-refractivity contribution in [3.63, 3.8) is 0 Å². The number of carbonyl (C=O) groups is 2. The van der Waals surface area contributed by atoms with Crippen LogP contribution in [0.15, 0.2) is 84.9 Å². The molecule has 1 saturated carbocycles. The molecule has 3 aromatic rings. The molecule has 0 bridgehead atoms. The van der Waals surface area contributed by atoms with Gasteiger partial charge in [0.25, 0.3) is 0 Å². The summed E-state index contributed by atoms with van der Waals surface area (Å²) >= 11 is 1.76. The summed E-state index contributed by atoms with van der Waals surface area (Å²) in [5.74, 6) is 1.60. The second-order valence-corrected chi connectivity index (χ2v) is 11.1. The lowest BCUT2D eigenvalue weighted by molar-refractivity contribution is -0.141. The van der Waals surface area contributed by atoms with Crippen molar-refractivity contribution in [2.45, 2.75) is 69.8 Å². The summed E-state index contributed by atoms with van der Waals surface area (Å²) in [4.78, 5) is 29.3. The summed E-state index contributed by atoms with van der Waals surface area (Å²) in [7, 11) is 0. The molecule has 0 spiro atoms. The second-order valence-electron chi connectivity index (χ2n) is 9.99. The van der Waals surface area contributed by atoms with E-state index in [4.69, 9.17) is 0 Å². The molecule has 0 heterocycles. The Kier molecular flexibility index (Phi) is 10.2. The van der Waals surface area contributed by atoms with Crippen LogP contribution in [0.1, 0.15) is 54.4 Å². The molecule has 5 heteroatoms. The van der Waals surface area contributed by atoms with Gasteiger partial charge >= 0.3 is 0 Å². The van der Waals surface area contributed by atoms with Crippen LogP contribution in [0.25, 0.3) is 0 Å². The third-order valence-electron chi connectivity index (χ3n) is 6.98. The lowest BCUT2D eigenvalue weighted by atomic mass is 10.0. The van der Waals surface area contributed by atoms with Crippen molar-refractivity contribution >= 4 is 23.6 Å². The molecule has 0 aromatic heterocycles. The Bertz CT molecular complexity index is 1130. The molecule has 2 amide bonds. The maximum absolute atomic E-state index is 13.7. The summed E-state index contributed by atoms with van der Waals surface area (Å²) in [5.41, 5.74) is 4.53. The van der Waals surface area contributed by atoms with Crippen LogP contribution in [0.5, 0.6) is 0 Å². The van der Waals surface area contributed by atoms with Crippen molar-refractivity contribution in [2.24, 2.45) is 0 Å². The number of rotatable bonds is 12. The van der Waals surface area contributed by atoms with Gasteiger partial charge in [-0.1, -0.05) is 103 Å². The summed E-state index contributed by atoms with van der Waals surface area (Å²) in [5, 5.41) is 3.28. The lowest BCUT2D eigenvalue weighted by Gasteiger charge is -2.32. The van der Waals surface area contributed by atoms with Gasteiger partial charge in [-0.25, -0.2) is 0 Å². The van der Waals surface area contributed by atoms with Gasteiger partial charge in [-0.2, -0.15) is 11.8 Å². The largest absolute Gasteiger partial charge is 0.352 e. The van der Waals surface area contributed by atoms with Gasteiger partial charge in [0.2, 0.25) is 11.8 Å². The summed E-state index contributed by atoms with van der Waals surface area (Å²) < 4.78 is 0. The van der Waals surface area contributed by atoms with Crippen LogP contribution in [-0.4, -0.2) is 34.6 Å². The molecular formula is C32H38N2O2S. The highest BCUT2D eigenvalue weighted by atomic mass is 32.2. The molecule has 194 valence electrons. The van der Waals surface area contributed by atoms with E-state index in [0.717, 1.165) is 53.9 Å². The molecule has 37 heavy (non-hydrogen) atoms. The van der Waals surface area contributed by atoms with Crippen molar-refractivity contribution in [1.29, 1.82) is 0 Å². The standard InChI is InChI=1S/C32H38N2O2S/c1-25-11-10-16-28(21-25)23-34(31(35)19-20-37-24-27-14-6-3-7-15-27)30(22-26-12-4-2-5-13-26)32(36)33-29-17-8-9-18-29/h2-7,10-16,21,29-30H,8-9,17-20,22-24H2,1H3,(H,33,36). The van der Waals surface area contributed by atoms with Crippen LogP contribution in [0.4, 0.5) is 0 Å². The fraction of sp³-hybridized carbons (Fsp3) is 0.375. The monoisotopic (exact) mass is 514 g/mol. The van der Waals surface area contributed by atoms with E-state index in [0.29, 0.717) is 19.4 Å². The molecule has 0 radical (unpaired) electrons. The number of thioether (sulfide) groups is 1. The average Bonchev–Trinajstić information content (AvgIpc) is 3.43. The Hall–Kier alpha value is -3.05. The molecule has 1 atom stereocenters. The van der Waals surface area contributed by atoms with Crippen LogP contribution >= 0.6 is 11.8 Å². The minimum atomic E-state index is -0.546. The highest BCUT2D eigenvalue weighted by Gasteiger charge is 2.32. The Labute approximate surface area is 225 Å². The van der Waals surface area contributed by atoms with E-state index < -0.39 is 6.04 Å².